The summed E-state index contributed by atoms with van der Waals surface area (Å²) >= 11 is 0. The van der Waals surface area contributed by atoms with E-state index in [0.717, 1.165) is 28.1 Å². The van der Waals surface area contributed by atoms with Crippen LogP contribution in [0, 0.1) is 5.92 Å². The molecule has 3 heterocycles. The lowest BCUT2D eigenvalue weighted by Crippen LogP contribution is -2.55. The minimum Gasteiger partial charge on any atom is -0.497 e. The molecule has 11 heteroatoms. The fourth-order valence-corrected chi connectivity index (χ4v) is 5.02. The molecule has 2 amide bonds. The van der Waals surface area contributed by atoms with Gasteiger partial charge in [0, 0.05) is 50.7 Å². The van der Waals surface area contributed by atoms with Crippen LogP contribution >= 0.6 is 0 Å². The Balaban J connectivity index is 1.27. The first-order valence-corrected chi connectivity index (χ1v) is 13.2. The number of hydrogen-bond donors (Lipinski definition) is 3. The largest absolute Gasteiger partial charge is 0.497 e. The van der Waals surface area contributed by atoms with E-state index >= 15 is 0 Å². The molecule has 2 unspecified atom stereocenters. The van der Waals surface area contributed by atoms with E-state index in [2.05, 4.69) is 30.9 Å². The standard InChI is InChI=1S/C29H33N7O4/c1-30-28(37)24-17-35(13-12-25(24)34-29(38)40-18-20-7-4-3-5-8-20)16-21-11-14-36-26(21)27(31-19-32-36)33-22-9-6-10-23(15-22)39-2/h3-11,14-15,19,24-25H,12-13,16-18H2,1-2H3,(H,30,37)(H,34,38)(H,31,32,33). The Labute approximate surface area is 232 Å². The van der Waals surface area contributed by atoms with Crippen LogP contribution in [0.2, 0.25) is 0 Å². The number of nitrogens with one attached hydrogen (secondary N) is 3. The lowest BCUT2D eigenvalue weighted by molar-refractivity contribution is -0.127. The fraction of sp³-hybridized carbons (Fsp3) is 0.310. The van der Waals surface area contributed by atoms with Crippen LogP contribution in [0.3, 0.4) is 0 Å². The first-order valence-electron chi connectivity index (χ1n) is 13.2. The number of alkyl carbamates (subject to hydrolysis) is 1. The number of aromatic nitrogens is 3. The molecule has 40 heavy (non-hydrogen) atoms. The van der Waals surface area contributed by atoms with Gasteiger partial charge in [0.1, 0.15) is 24.2 Å². The van der Waals surface area contributed by atoms with Gasteiger partial charge in [0.15, 0.2) is 5.82 Å². The molecule has 2 aromatic heterocycles. The number of hydrogen-bond acceptors (Lipinski definition) is 8. The summed E-state index contributed by atoms with van der Waals surface area (Å²) < 4.78 is 12.5. The van der Waals surface area contributed by atoms with Crippen molar-refractivity contribution in [2.75, 3.05) is 32.6 Å². The van der Waals surface area contributed by atoms with Gasteiger partial charge < -0.3 is 25.4 Å². The van der Waals surface area contributed by atoms with Gasteiger partial charge in [-0.05, 0) is 35.7 Å². The Hall–Kier alpha value is -4.64. The zero-order chi connectivity index (χ0) is 27.9. The van der Waals surface area contributed by atoms with Crippen molar-refractivity contribution in [3.05, 3.63) is 84.3 Å². The molecule has 2 aromatic carbocycles. The van der Waals surface area contributed by atoms with Crippen molar-refractivity contribution < 1.29 is 19.1 Å². The molecule has 0 aliphatic carbocycles. The number of rotatable bonds is 9. The van der Waals surface area contributed by atoms with E-state index in [1.165, 1.54) is 6.33 Å². The molecule has 2 atom stereocenters. The maximum atomic E-state index is 12.8. The molecule has 11 nitrogen and oxygen atoms in total. The number of piperidine rings is 1. The van der Waals surface area contributed by atoms with E-state index in [4.69, 9.17) is 9.47 Å². The average molecular weight is 544 g/mol. The van der Waals surface area contributed by atoms with Crippen LogP contribution in [0.4, 0.5) is 16.3 Å². The first kappa shape index (κ1) is 26.9. The number of amides is 2. The van der Waals surface area contributed by atoms with E-state index < -0.39 is 12.0 Å². The second-order valence-corrected chi connectivity index (χ2v) is 9.66. The van der Waals surface area contributed by atoms with Crippen LogP contribution in [-0.2, 0) is 22.7 Å². The van der Waals surface area contributed by atoms with Gasteiger partial charge in [-0.3, -0.25) is 9.69 Å². The van der Waals surface area contributed by atoms with Gasteiger partial charge in [0.2, 0.25) is 5.91 Å². The zero-order valence-corrected chi connectivity index (χ0v) is 22.5. The van der Waals surface area contributed by atoms with Crippen LogP contribution in [0.25, 0.3) is 5.52 Å². The van der Waals surface area contributed by atoms with Gasteiger partial charge in [0.25, 0.3) is 0 Å². The predicted molar refractivity (Wildman–Crippen MR) is 150 cm³/mol. The van der Waals surface area contributed by atoms with Crippen molar-refractivity contribution in [3.8, 4) is 5.75 Å². The number of anilines is 2. The fourth-order valence-electron chi connectivity index (χ4n) is 5.02. The summed E-state index contributed by atoms with van der Waals surface area (Å²) in [6.45, 7) is 1.94. The highest BCUT2D eigenvalue weighted by atomic mass is 16.5. The Bertz CT molecular complexity index is 1460. The minimum atomic E-state index is -0.528. The second-order valence-electron chi connectivity index (χ2n) is 9.66. The summed E-state index contributed by atoms with van der Waals surface area (Å²) in [4.78, 5) is 32.1. The van der Waals surface area contributed by atoms with Crippen molar-refractivity contribution in [2.24, 2.45) is 5.92 Å². The molecule has 0 saturated carbocycles. The number of methoxy groups -OCH3 is 1. The number of carbonyl (C=O) groups is 2. The van der Waals surface area contributed by atoms with Crippen molar-refractivity contribution in [1.82, 2.24) is 30.1 Å². The van der Waals surface area contributed by atoms with Crippen molar-refractivity contribution in [2.45, 2.75) is 25.6 Å². The minimum absolute atomic E-state index is 0.122. The van der Waals surface area contributed by atoms with Gasteiger partial charge in [0.05, 0.1) is 13.0 Å². The van der Waals surface area contributed by atoms with E-state index in [1.54, 1.807) is 18.7 Å². The molecule has 1 aliphatic rings. The summed E-state index contributed by atoms with van der Waals surface area (Å²) in [6.07, 6.45) is 3.49. The number of likely N-dealkylation sites (tertiary alicyclic amines) is 1. The number of nitrogens with zero attached hydrogens (tertiary/aromatic N) is 4. The summed E-state index contributed by atoms with van der Waals surface area (Å²) in [5, 5.41) is 13.4. The highest BCUT2D eigenvalue weighted by Crippen LogP contribution is 2.27. The maximum absolute atomic E-state index is 12.8. The lowest BCUT2D eigenvalue weighted by Gasteiger charge is -2.37. The van der Waals surface area contributed by atoms with E-state index in [0.29, 0.717) is 31.9 Å². The van der Waals surface area contributed by atoms with Crippen LogP contribution in [0.5, 0.6) is 5.75 Å². The Morgan fingerprint density at radius 3 is 2.75 bits per heavy atom. The Morgan fingerprint density at radius 1 is 1.10 bits per heavy atom. The number of benzene rings is 2. The highest BCUT2D eigenvalue weighted by Gasteiger charge is 2.35. The summed E-state index contributed by atoms with van der Waals surface area (Å²) in [5.74, 6) is 0.862. The lowest BCUT2D eigenvalue weighted by atomic mass is 9.91. The van der Waals surface area contributed by atoms with Gasteiger partial charge in [-0.25, -0.2) is 14.3 Å². The molecule has 3 N–H and O–H groups in total. The number of carbonyl (C=O) groups excluding carboxylic acids is 2. The molecular formula is C29H33N7O4. The van der Waals surface area contributed by atoms with Gasteiger partial charge in [-0.15, -0.1) is 0 Å². The number of ether oxygens (including phenoxy) is 2. The maximum Gasteiger partial charge on any atom is 0.407 e. The second kappa shape index (κ2) is 12.5. The van der Waals surface area contributed by atoms with Crippen LogP contribution in [0.15, 0.2) is 73.2 Å². The van der Waals surface area contributed by atoms with E-state index in [-0.39, 0.29) is 18.6 Å². The molecule has 0 spiro atoms. The molecule has 1 fully saturated rings. The Kier molecular flexibility index (Phi) is 8.41. The summed E-state index contributed by atoms with van der Waals surface area (Å²) in [7, 11) is 3.24. The first-order chi connectivity index (χ1) is 19.5. The quantitative estimate of drug-likeness (QED) is 0.294. The SMILES string of the molecule is CNC(=O)C1CN(Cc2ccn3ncnc(Nc4cccc(OC)c4)c23)CCC1NC(=O)OCc1ccccc1. The summed E-state index contributed by atoms with van der Waals surface area (Å²) in [6, 6.07) is 18.8. The molecule has 5 rings (SSSR count). The third-order valence-electron chi connectivity index (χ3n) is 7.06. The normalized spacial score (nSPS) is 17.2. The molecule has 208 valence electrons. The Morgan fingerprint density at radius 2 is 1.95 bits per heavy atom. The van der Waals surface area contributed by atoms with Crippen molar-refractivity contribution in [1.29, 1.82) is 0 Å². The van der Waals surface area contributed by atoms with Gasteiger partial charge in [-0.2, -0.15) is 5.10 Å². The van der Waals surface area contributed by atoms with Crippen molar-refractivity contribution >= 4 is 29.0 Å². The van der Waals surface area contributed by atoms with Crippen LogP contribution in [-0.4, -0.2) is 64.8 Å². The topological polar surface area (TPSA) is 122 Å². The zero-order valence-electron chi connectivity index (χ0n) is 22.5. The van der Waals surface area contributed by atoms with Crippen LogP contribution < -0.4 is 20.7 Å². The highest BCUT2D eigenvalue weighted by molar-refractivity contribution is 5.80. The molecular weight excluding hydrogens is 510 g/mol. The third kappa shape index (κ3) is 6.32. The monoisotopic (exact) mass is 543 g/mol. The molecule has 0 bridgehead atoms. The molecule has 1 saturated heterocycles. The van der Waals surface area contributed by atoms with E-state index in [1.807, 2.05) is 66.9 Å². The number of fused-ring (bicyclic) bond motifs is 1. The third-order valence-corrected chi connectivity index (χ3v) is 7.06. The average Bonchev–Trinajstić information content (AvgIpc) is 3.40. The van der Waals surface area contributed by atoms with Gasteiger partial charge >= 0.3 is 6.09 Å². The van der Waals surface area contributed by atoms with Gasteiger partial charge in [-0.1, -0.05) is 36.4 Å². The smallest absolute Gasteiger partial charge is 0.407 e. The van der Waals surface area contributed by atoms with Crippen molar-refractivity contribution in [3.63, 3.8) is 0 Å². The van der Waals surface area contributed by atoms with Crippen LogP contribution in [0.1, 0.15) is 17.5 Å². The predicted octanol–water partition coefficient (Wildman–Crippen LogP) is 3.34. The molecule has 1 aliphatic heterocycles. The van der Waals surface area contributed by atoms with E-state index in [9.17, 15) is 9.59 Å². The molecule has 4 aromatic rings. The summed E-state index contributed by atoms with van der Waals surface area (Å²) in [5.41, 5.74) is 3.62. The molecule has 0 radical (unpaired) electrons.